The van der Waals surface area contributed by atoms with E-state index in [9.17, 15) is 0 Å². The molecule has 0 saturated carbocycles. The quantitative estimate of drug-likeness (QED) is 0.827. The molecule has 16 heavy (non-hydrogen) atoms. The summed E-state index contributed by atoms with van der Waals surface area (Å²) in [6.07, 6.45) is 4.25. The average Bonchev–Trinajstić information content (AvgIpc) is 2.73. The second-order valence-electron chi connectivity index (χ2n) is 4.23. The van der Waals surface area contributed by atoms with Crippen LogP contribution in [0.4, 0.5) is 5.82 Å². The fourth-order valence-electron chi connectivity index (χ4n) is 1.79. The third-order valence-electron chi connectivity index (χ3n) is 2.78. The minimum atomic E-state index is 0.412. The van der Waals surface area contributed by atoms with E-state index < -0.39 is 0 Å². The molecule has 0 amide bonds. The van der Waals surface area contributed by atoms with E-state index in [2.05, 4.69) is 46.0 Å². The molecule has 0 bridgehead atoms. The van der Waals surface area contributed by atoms with Gasteiger partial charge in [0.1, 0.15) is 11.8 Å². The van der Waals surface area contributed by atoms with Gasteiger partial charge in [0, 0.05) is 6.04 Å². The summed E-state index contributed by atoms with van der Waals surface area (Å²) < 4.78 is 0. The van der Waals surface area contributed by atoms with Gasteiger partial charge in [0.25, 0.3) is 0 Å². The first-order valence-electron chi connectivity index (χ1n) is 5.63. The Morgan fingerprint density at radius 2 is 2.12 bits per heavy atom. The predicted molar refractivity (Wildman–Crippen MR) is 64.2 cm³/mol. The number of aromatic amines is 1. The van der Waals surface area contributed by atoms with Gasteiger partial charge in [-0.2, -0.15) is 0 Å². The first-order chi connectivity index (χ1) is 7.72. The van der Waals surface area contributed by atoms with Crippen LogP contribution in [0.3, 0.4) is 0 Å². The fourth-order valence-corrected chi connectivity index (χ4v) is 1.79. The highest BCUT2D eigenvalue weighted by molar-refractivity contribution is 5.82. The van der Waals surface area contributed by atoms with E-state index in [0.717, 1.165) is 23.4 Å². The van der Waals surface area contributed by atoms with Crippen molar-refractivity contribution in [3.05, 3.63) is 12.7 Å². The topological polar surface area (TPSA) is 66.5 Å². The Balaban J connectivity index is 2.29. The summed E-state index contributed by atoms with van der Waals surface area (Å²) in [4.78, 5) is 15.6. The van der Waals surface area contributed by atoms with Crippen molar-refractivity contribution < 1.29 is 0 Å². The number of nitrogens with one attached hydrogen (secondary N) is 2. The van der Waals surface area contributed by atoms with Gasteiger partial charge in [0.15, 0.2) is 11.5 Å². The fraction of sp³-hybridized carbons (Fsp3) is 0.545. The summed E-state index contributed by atoms with van der Waals surface area (Å²) in [6, 6.07) is 0.412. The molecule has 1 atom stereocenters. The molecule has 2 N–H and O–H groups in total. The molecule has 0 saturated heterocycles. The number of hydrogen-bond acceptors (Lipinski definition) is 4. The van der Waals surface area contributed by atoms with E-state index in [1.54, 1.807) is 12.7 Å². The predicted octanol–water partition coefficient (Wildman–Crippen LogP) is 2.20. The van der Waals surface area contributed by atoms with Crippen molar-refractivity contribution in [3.8, 4) is 0 Å². The van der Waals surface area contributed by atoms with E-state index in [-0.39, 0.29) is 0 Å². The minimum Gasteiger partial charge on any atom is -0.365 e. The number of fused-ring (bicyclic) bond motifs is 1. The maximum Gasteiger partial charge on any atom is 0.162 e. The molecular weight excluding hydrogens is 202 g/mol. The average molecular weight is 219 g/mol. The number of nitrogens with zero attached hydrogens (tertiary/aromatic N) is 3. The SMILES string of the molecule is CCC(Nc1ncnc2[nH]cnc12)C(C)C. The number of imidazole rings is 1. The van der Waals surface area contributed by atoms with Crippen molar-refractivity contribution in [2.75, 3.05) is 5.32 Å². The lowest BCUT2D eigenvalue weighted by Gasteiger charge is -2.21. The minimum absolute atomic E-state index is 0.412. The normalized spacial score (nSPS) is 13.2. The van der Waals surface area contributed by atoms with Gasteiger partial charge in [0.2, 0.25) is 0 Å². The zero-order valence-electron chi connectivity index (χ0n) is 9.86. The van der Waals surface area contributed by atoms with Gasteiger partial charge >= 0.3 is 0 Å². The standard InChI is InChI=1S/C11H17N5/c1-4-8(7(2)3)16-11-9-10(13-5-12-9)14-6-15-11/h5-8H,4H2,1-3H3,(H2,12,13,14,15,16). The summed E-state index contributed by atoms with van der Waals surface area (Å²) in [5, 5.41) is 3.42. The zero-order chi connectivity index (χ0) is 11.5. The van der Waals surface area contributed by atoms with Gasteiger partial charge in [-0.3, -0.25) is 0 Å². The van der Waals surface area contributed by atoms with Crippen molar-refractivity contribution in [2.24, 2.45) is 5.92 Å². The molecule has 0 aliphatic heterocycles. The Morgan fingerprint density at radius 1 is 1.31 bits per heavy atom. The molecule has 0 aliphatic rings. The van der Waals surface area contributed by atoms with Crippen molar-refractivity contribution in [1.29, 1.82) is 0 Å². The van der Waals surface area contributed by atoms with Gasteiger partial charge in [-0.25, -0.2) is 15.0 Å². The number of rotatable bonds is 4. The lowest BCUT2D eigenvalue weighted by molar-refractivity contribution is 0.510. The van der Waals surface area contributed by atoms with Gasteiger partial charge in [-0.1, -0.05) is 20.8 Å². The second kappa shape index (κ2) is 4.47. The maximum atomic E-state index is 4.24. The van der Waals surface area contributed by atoms with Crippen LogP contribution in [-0.2, 0) is 0 Å². The van der Waals surface area contributed by atoms with Crippen molar-refractivity contribution in [2.45, 2.75) is 33.2 Å². The Morgan fingerprint density at radius 3 is 2.81 bits per heavy atom. The Bertz CT molecular complexity index is 462. The van der Waals surface area contributed by atoms with Gasteiger partial charge in [-0.15, -0.1) is 0 Å². The molecule has 5 heteroatoms. The van der Waals surface area contributed by atoms with Crippen LogP contribution >= 0.6 is 0 Å². The smallest absolute Gasteiger partial charge is 0.162 e. The van der Waals surface area contributed by atoms with Crippen LogP contribution in [0.2, 0.25) is 0 Å². The molecule has 0 spiro atoms. The first-order valence-corrected chi connectivity index (χ1v) is 5.63. The molecule has 2 rings (SSSR count). The molecule has 2 aromatic heterocycles. The van der Waals surface area contributed by atoms with E-state index in [4.69, 9.17) is 0 Å². The van der Waals surface area contributed by atoms with E-state index in [1.165, 1.54) is 0 Å². The Kier molecular flexibility index (Phi) is 3.03. The van der Waals surface area contributed by atoms with E-state index in [0.29, 0.717) is 12.0 Å². The Hall–Kier alpha value is -1.65. The molecule has 2 heterocycles. The summed E-state index contributed by atoms with van der Waals surface area (Å²) in [6.45, 7) is 6.56. The van der Waals surface area contributed by atoms with Crippen molar-refractivity contribution in [1.82, 2.24) is 19.9 Å². The first kappa shape index (κ1) is 10.9. The number of hydrogen-bond donors (Lipinski definition) is 2. The van der Waals surface area contributed by atoms with Crippen LogP contribution in [0.25, 0.3) is 11.2 Å². The second-order valence-corrected chi connectivity index (χ2v) is 4.23. The third kappa shape index (κ3) is 1.98. The van der Waals surface area contributed by atoms with Gasteiger partial charge in [-0.05, 0) is 12.3 Å². The van der Waals surface area contributed by atoms with Crippen LogP contribution in [0.15, 0.2) is 12.7 Å². The number of H-pyrrole nitrogens is 1. The summed E-state index contributed by atoms with van der Waals surface area (Å²) >= 11 is 0. The highest BCUT2D eigenvalue weighted by atomic mass is 15.1. The van der Waals surface area contributed by atoms with Crippen LogP contribution in [0.1, 0.15) is 27.2 Å². The molecule has 0 fully saturated rings. The molecule has 1 unspecified atom stereocenters. The van der Waals surface area contributed by atoms with Gasteiger partial charge < -0.3 is 10.3 Å². The molecule has 86 valence electrons. The highest BCUT2D eigenvalue weighted by Gasteiger charge is 2.14. The molecular formula is C11H17N5. The molecule has 0 aliphatic carbocycles. The summed E-state index contributed by atoms with van der Waals surface area (Å²) in [7, 11) is 0. The molecule has 0 aromatic carbocycles. The Labute approximate surface area is 94.7 Å². The third-order valence-corrected chi connectivity index (χ3v) is 2.78. The largest absolute Gasteiger partial charge is 0.365 e. The monoisotopic (exact) mass is 219 g/mol. The number of anilines is 1. The lowest BCUT2D eigenvalue weighted by Crippen LogP contribution is -2.25. The molecule has 5 nitrogen and oxygen atoms in total. The van der Waals surface area contributed by atoms with Crippen molar-refractivity contribution in [3.63, 3.8) is 0 Å². The molecule has 0 radical (unpaired) electrons. The van der Waals surface area contributed by atoms with Crippen LogP contribution in [0, 0.1) is 5.92 Å². The maximum absolute atomic E-state index is 4.24. The lowest BCUT2D eigenvalue weighted by atomic mass is 10.0. The van der Waals surface area contributed by atoms with Crippen LogP contribution in [0.5, 0.6) is 0 Å². The van der Waals surface area contributed by atoms with E-state index >= 15 is 0 Å². The summed E-state index contributed by atoms with van der Waals surface area (Å²) in [5.41, 5.74) is 1.58. The van der Waals surface area contributed by atoms with Crippen LogP contribution < -0.4 is 5.32 Å². The van der Waals surface area contributed by atoms with Crippen LogP contribution in [-0.4, -0.2) is 26.0 Å². The molecule has 2 aromatic rings. The highest BCUT2D eigenvalue weighted by Crippen LogP contribution is 2.18. The summed E-state index contributed by atoms with van der Waals surface area (Å²) in [5.74, 6) is 1.38. The van der Waals surface area contributed by atoms with Gasteiger partial charge in [0.05, 0.1) is 6.33 Å². The van der Waals surface area contributed by atoms with E-state index in [1.807, 2.05) is 0 Å². The number of aromatic nitrogens is 4. The zero-order valence-corrected chi connectivity index (χ0v) is 9.86. The van der Waals surface area contributed by atoms with Crippen molar-refractivity contribution >= 4 is 17.0 Å².